The van der Waals surface area contributed by atoms with E-state index in [1.54, 1.807) is 6.33 Å². The number of anilines is 1. The number of amides is 1. The molecule has 1 aliphatic rings. The van der Waals surface area contributed by atoms with Crippen LogP contribution >= 0.6 is 0 Å². The molecular formula is C25H28N4O. The second-order valence-corrected chi connectivity index (χ2v) is 7.77. The van der Waals surface area contributed by atoms with E-state index in [1.807, 2.05) is 30.3 Å². The molecule has 0 bridgehead atoms. The Bertz CT molecular complexity index is 938. The lowest BCUT2D eigenvalue weighted by Gasteiger charge is -2.32. The van der Waals surface area contributed by atoms with Gasteiger partial charge in [0.15, 0.2) is 0 Å². The highest BCUT2D eigenvalue weighted by Crippen LogP contribution is 2.25. The summed E-state index contributed by atoms with van der Waals surface area (Å²) in [5, 5.41) is 3.12. The van der Waals surface area contributed by atoms with E-state index in [0.29, 0.717) is 0 Å². The number of aromatic nitrogens is 2. The van der Waals surface area contributed by atoms with Crippen LogP contribution in [0.25, 0.3) is 11.3 Å². The molecule has 0 spiro atoms. The predicted octanol–water partition coefficient (Wildman–Crippen LogP) is 4.11. The van der Waals surface area contributed by atoms with Gasteiger partial charge < -0.3 is 10.2 Å². The number of piperidine rings is 1. The topological polar surface area (TPSA) is 58.1 Å². The van der Waals surface area contributed by atoms with Crippen LogP contribution in [-0.4, -0.2) is 35.5 Å². The highest BCUT2D eigenvalue weighted by molar-refractivity contribution is 5.79. The van der Waals surface area contributed by atoms with Gasteiger partial charge in [0, 0.05) is 37.2 Å². The van der Waals surface area contributed by atoms with Gasteiger partial charge in [0.1, 0.15) is 12.1 Å². The van der Waals surface area contributed by atoms with E-state index in [4.69, 9.17) is 0 Å². The van der Waals surface area contributed by atoms with Gasteiger partial charge in [-0.25, -0.2) is 9.97 Å². The molecule has 0 aliphatic carbocycles. The Morgan fingerprint density at radius 3 is 2.40 bits per heavy atom. The van der Waals surface area contributed by atoms with Gasteiger partial charge in [-0.3, -0.25) is 4.79 Å². The Morgan fingerprint density at radius 1 is 0.967 bits per heavy atom. The maximum Gasteiger partial charge on any atom is 0.223 e. The number of nitrogens with one attached hydrogen (secondary N) is 1. The number of hydrogen-bond donors (Lipinski definition) is 1. The maximum atomic E-state index is 12.5. The molecule has 1 aromatic heterocycles. The second kappa shape index (κ2) is 10.0. The number of carbonyl (C=O) groups excluding carboxylic acids is 1. The highest BCUT2D eigenvalue weighted by Gasteiger charge is 2.25. The van der Waals surface area contributed by atoms with Gasteiger partial charge in [-0.2, -0.15) is 0 Å². The summed E-state index contributed by atoms with van der Waals surface area (Å²) >= 11 is 0. The van der Waals surface area contributed by atoms with Gasteiger partial charge in [0.05, 0.1) is 5.69 Å². The maximum absolute atomic E-state index is 12.5. The number of rotatable bonds is 7. The number of nitrogens with zero attached hydrogens (tertiary/aromatic N) is 3. The average Bonchev–Trinajstić information content (AvgIpc) is 2.83. The minimum Gasteiger partial charge on any atom is -0.356 e. The molecule has 1 N–H and O–H groups in total. The Labute approximate surface area is 178 Å². The van der Waals surface area contributed by atoms with Crippen molar-refractivity contribution in [2.75, 3.05) is 24.5 Å². The second-order valence-electron chi connectivity index (χ2n) is 7.77. The van der Waals surface area contributed by atoms with E-state index >= 15 is 0 Å². The van der Waals surface area contributed by atoms with Crippen molar-refractivity contribution in [2.24, 2.45) is 5.92 Å². The van der Waals surface area contributed by atoms with Crippen molar-refractivity contribution in [1.29, 1.82) is 0 Å². The fourth-order valence-electron chi connectivity index (χ4n) is 3.95. The molecular weight excluding hydrogens is 372 g/mol. The minimum atomic E-state index is 0.0911. The third-order valence-corrected chi connectivity index (χ3v) is 5.70. The summed E-state index contributed by atoms with van der Waals surface area (Å²) in [6, 6.07) is 22.6. The third-order valence-electron chi connectivity index (χ3n) is 5.70. The molecule has 2 heterocycles. The molecule has 1 saturated heterocycles. The molecule has 5 nitrogen and oxygen atoms in total. The van der Waals surface area contributed by atoms with Crippen LogP contribution in [0, 0.1) is 5.92 Å². The van der Waals surface area contributed by atoms with Crippen LogP contribution in [0.15, 0.2) is 73.1 Å². The van der Waals surface area contributed by atoms with Crippen molar-refractivity contribution in [2.45, 2.75) is 25.7 Å². The van der Waals surface area contributed by atoms with Crippen molar-refractivity contribution in [3.63, 3.8) is 0 Å². The molecule has 0 radical (unpaired) electrons. The Hall–Kier alpha value is -3.21. The molecule has 1 amide bonds. The highest BCUT2D eigenvalue weighted by atomic mass is 16.1. The van der Waals surface area contributed by atoms with Crippen LogP contribution in [-0.2, 0) is 11.2 Å². The summed E-state index contributed by atoms with van der Waals surface area (Å²) in [7, 11) is 0. The largest absolute Gasteiger partial charge is 0.356 e. The molecule has 5 heteroatoms. The zero-order chi connectivity index (χ0) is 20.6. The minimum absolute atomic E-state index is 0.0911. The van der Waals surface area contributed by atoms with Gasteiger partial charge in [0.2, 0.25) is 5.91 Å². The monoisotopic (exact) mass is 400 g/mol. The number of hydrogen-bond acceptors (Lipinski definition) is 4. The number of carbonyl (C=O) groups is 1. The van der Waals surface area contributed by atoms with Gasteiger partial charge in [-0.15, -0.1) is 0 Å². The zero-order valence-corrected chi connectivity index (χ0v) is 17.2. The SMILES string of the molecule is O=C(NCCCc1ccccc1)C1CCN(c2cc(-c3ccccc3)ncn2)CC1. The molecule has 2 aromatic carbocycles. The van der Waals surface area contributed by atoms with Crippen molar-refractivity contribution in [3.8, 4) is 11.3 Å². The summed E-state index contributed by atoms with van der Waals surface area (Å²) in [5.41, 5.74) is 3.34. The van der Waals surface area contributed by atoms with Crippen LogP contribution in [0.2, 0.25) is 0 Å². The number of aryl methyl sites for hydroxylation is 1. The molecule has 1 fully saturated rings. The summed E-state index contributed by atoms with van der Waals surface area (Å²) in [6.45, 7) is 2.42. The molecule has 3 aromatic rings. The predicted molar refractivity (Wildman–Crippen MR) is 120 cm³/mol. The first-order valence-corrected chi connectivity index (χ1v) is 10.7. The fraction of sp³-hybridized carbons (Fsp3) is 0.320. The molecule has 30 heavy (non-hydrogen) atoms. The quantitative estimate of drug-likeness (QED) is 0.607. The van der Waals surface area contributed by atoms with E-state index in [1.165, 1.54) is 5.56 Å². The van der Waals surface area contributed by atoms with Crippen LogP contribution < -0.4 is 10.2 Å². The Morgan fingerprint density at radius 2 is 1.67 bits per heavy atom. The van der Waals surface area contributed by atoms with Crippen molar-refractivity contribution in [3.05, 3.63) is 78.6 Å². The van der Waals surface area contributed by atoms with Crippen molar-refractivity contribution in [1.82, 2.24) is 15.3 Å². The van der Waals surface area contributed by atoms with Crippen molar-refractivity contribution >= 4 is 11.7 Å². The lowest BCUT2D eigenvalue weighted by molar-refractivity contribution is -0.125. The van der Waals surface area contributed by atoms with Gasteiger partial charge in [-0.1, -0.05) is 60.7 Å². The third kappa shape index (κ3) is 5.23. The molecule has 1 aliphatic heterocycles. The summed E-state index contributed by atoms with van der Waals surface area (Å²) in [4.78, 5) is 23.7. The molecule has 0 saturated carbocycles. The number of benzene rings is 2. The van der Waals surface area contributed by atoms with Gasteiger partial charge in [0.25, 0.3) is 0 Å². The Balaban J connectivity index is 1.24. The average molecular weight is 401 g/mol. The van der Waals surface area contributed by atoms with Crippen molar-refractivity contribution < 1.29 is 4.79 Å². The summed E-state index contributed by atoms with van der Waals surface area (Å²) in [5.74, 6) is 1.22. The standard InChI is InChI=1S/C25H28N4O/c30-25(26-15-7-10-20-8-3-1-4-9-20)22-13-16-29(17-14-22)24-18-23(27-19-28-24)21-11-5-2-6-12-21/h1-6,8-9,11-12,18-19,22H,7,10,13-17H2,(H,26,30). The lowest BCUT2D eigenvalue weighted by Crippen LogP contribution is -2.41. The zero-order valence-electron chi connectivity index (χ0n) is 17.2. The van der Waals surface area contributed by atoms with Gasteiger partial charge >= 0.3 is 0 Å². The summed E-state index contributed by atoms with van der Waals surface area (Å²) < 4.78 is 0. The van der Waals surface area contributed by atoms with Crippen LogP contribution in [0.1, 0.15) is 24.8 Å². The first-order valence-electron chi connectivity index (χ1n) is 10.7. The Kier molecular flexibility index (Phi) is 6.70. The van der Waals surface area contributed by atoms with E-state index < -0.39 is 0 Å². The summed E-state index contributed by atoms with van der Waals surface area (Å²) in [6.07, 6.45) is 5.31. The molecule has 4 rings (SSSR count). The molecule has 0 atom stereocenters. The molecule has 154 valence electrons. The van der Waals surface area contributed by atoms with E-state index in [0.717, 1.165) is 62.4 Å². The first-order chi connectivity index (χ1) is 14.8. The van der Waals surface area contributed by atoms with E-state index in [9.17, 15) is 4.79 Å². The van der Waals surface area contributed by atoms with Crippen LogP contribution in [0.4, 0.5) is 5.82 Å². The lowest BCUT2D eigenvalue weighted by atomic mass is 9.95. The van der Waals surface area contributed by atoms with E-state index in [-0.39, 0.29) is 11.8 Å². The fourth-order valence-corrected chi connectivity index (χ4v) is 3.95. The molecule has 0 unspecified atom stereocenters. The first kappa shape index (κ1) is 20.1. The van der Waals surface area contributed by atoms with Crippen LogP contribution in [0.3, 0.4) is 0 Å². The van der Waals surface area contributed by atoms with E-state index in [2.05, 4.69) is 56.6 Å². The normalized spacial score (nSPS) is 14.5. The van der Waals surface area contributed by atoms with Crippen LogP contribution in [0.5, 0.6) is 0 Å². The van der Waals surface area contributed by atoms with Gasteiger partial charge in [-0.05, 0) is 31.2 Å². The smallest absolute Gasteiger partial charge is 0.223 e.